The highest BCUT2D eigenvalue weighted by molar-refractivity contribution is 5.86. The normalized spacial score (nSPS) is 20.4. The van der Waals surface area contributed by atoms with Crippen molar-refractivity contribution in [1.29, 1.82) is 0 Å². The molecule has 2 unspecified atom stereocenters. The van der Waals surface area contributed by atoms with E-state index in [-0.39, 0.29) is 6.42 Å². The number of fused-ring (bicyclic) bond motifs is 1. The summed E-state index contributed by atoms with van der Waals surface area (Å²) in [5.41, 5.74) is 3.57. The molecule has 3 atom stereocenters. The van der Waals surface area contributed by atoms with E-state index in [9.17, 15) is 4.79 Å². The Labute approximate surface area is 172 Å². The van der Waals surface area contributed by atoms with Crippen LogP contribution in [0.5, 0.6) is 0 Å². The summed E-state index contributed by atoms with van der Waals surface area (Å²) in [6.07, 6.45) is 4.87. The quantitative estimate of drug-likeness (QED) is 0.558. The van der Waals surface area contributed by atoms with E-state index >= 15 is 0 Å². The van der Waals surface area contributed by atoms with Gasteiger partial charge in [0.05, 0.1) is 6.42 Å². The first-order valence-corrected chi connectivity index (χ1v) is 10.6. The summed E-state index contributed by atoms with van der Waals surface area (Å²) in [6, 6.07) is 24.2. The van der Waals surface area contributed by atoms with E-state index in [4.69, 9.17) is 5.11 Å². The first kappa shape index (κ1) is 19.7. The summed E-state index contributed by atoms with van der Waals surface area (Å²) < 4.78 is 0. The van der Waals surface area contributed by atoms with Crippen molar-refractivity contribution in [3.8, 4) is 0 Å². The van der Waals surface area contributed by atoms with Gasteiger partial charge in [-0.2, -0.15) is 0 Å². The summed E-state index contributed by atoms with van der Waals surface area (Å²) >= 11 is 0. The van der Waals surface area contributed by atoms with Crippen LogP contribution in [0.1, 0.15) is 61.3 Å². The average molecular weight is 388 g/mol. The predicted octanol–water partition coefficient (Wildman–Crippen LogP) is 5.84. The fraction of sp³-hybridized carbons (Fsp3) is 0.346. The maximum absolute atomic E-state index is 10.9. The van der Waals surface area contributed by atoms with Crippen molar-refractivity contribution in [2.45, 2.75) is 57.0 Å². The molecule has 3 aromatic rings. The fourth-order valence-electron chi connectivity index (χ4n) is 4.80. The predicted molar refractivity (Wildman–Crippen MR) is 118 cm³/mol. The zero-order chi connectivity index (χ0) is 20.2. The Morgan fingerprint density at radius 2 is 1.79 bits per heavy atom. The standard InChI is InChI=1S/C26H29NO2/c1-18(24-11-5-7-21-6-2-3-10-25(21)24)27-23-9-4-8-22(17-23)20-14-12-19(13-15-20)16-26(28)29/h2-3,5-7,10-15,18,22-23,27H,4,8-9,16-17H2,1H3,(H,28,29)/t18?,22-,23?/m0/s1. The molecule has 3 heteroatoms. The molecule has 150 valence electrons. The molecule has 4 rings (SSSR count). The minimum absolute atomic E-state index is 0.0949. The Bertz CT molecular complexity index is 974. The molecule has 3 aromatic carbocycles. The third kappa shape index (κ3) is 4.68. The summed E-state index contributed by atoms with van der Waals surface area (Å²) in [7, 11) is 0. The molecular formula is C26H29NO2. The Balaban J connectivity index is 1.44. The Morgan fingerprint density at radius 3 is 2.59 bits per heavy atom. The van der Waals surface area contributed by atoms with Gasteiger partial charge in [0.1, 0.15) is 0 Å². The fourth-order valence-corrected chi connectivity index (χ4v) is 4.80. The molecule has 1 aliphatic rings. The van der Waals surface area contributed by atoms with Crippen molar-refractivity contribution in [3.05, 3.63) is 83.4 Å². The van der Waals surface area contributed by atoms with E-state index < -0.39 is 5.97 Å². The lowest BCUT2D eigenvalue weighted by atomic mass is 9.80. The molecule has 0 amide bonds. The number of carbonyl (C=O) groups is 1. The van der Waals surface area contributed by atoms with Crippen LogP contribution in [-0.2, 0) is 11.2 Å². The van der Waals surface area contributed by atoms with Gasteiger partial charge in [-0.15, -0.1) is 0 Å². The van der Waals surface area contributed by atoms with Crippen LogP contribution in [-0.4, -0.2) is 17.1 Å². The lowest BCUT2D eigenvalue weighted by Gasteiger charge is -2.32. The van der Waals surface area contributed by atoms with Crippen LogP contribution in [0.3, 0.4) is 0 Å². The lowest BCUT2D eigenvalue weighted by molar-refractivity contribution is -0.136. The van der Waals surface area contributed by atoms with E-state index in [1.807, 2.05) is 12.1 Å². The van der Waals surface area contributed by atoms with Gasteiger partial charge >= 0.3 is 5.97 Å². The van der Waals surface area contributed by atoms with Crippen LogP contribution in [0.4, 0.5) is 0 Å². The Kier molecular flexibility index (Phi) is 5.96. The van der Waals surface area contributed by atoms with Gasteiger partial charge in [-0.25, -0.2) is 0 Å². The van der Waals surface area contributed by atoms with E-state index in [1.165, 1.54) is 41.2 Å². The van der Waals surface area contributed by atoms with E-state index in [2.05, 4.69) is 66.8 Å². The molecular weight excluding hydrogens is 358 g/mol. The maximum Gasteiger partial charge on any atom is 0.307 e. The number of rotatable bonds is 6. The van der Waals surface area contributed by atoms with Crippen LogP contribution in [0.25, 0.3) is 10.8 Å². The first-order chi connectivity index (χ1) is 14.1. The number of carboxylic acids is 1. The SMILES string of the molecule is CC(NC1CCC[C@H](c2ccc(CC(=O)O)cc2)C1)c1cccc2ccccc12. The third-order valence-electron chi connectivity index (χ3n) is 6.26. The number of nitrogens with one attached hydrogen (secondary N) is 1. The smallest absolute Gasteiger partial charge is 0.307 e. The van der Waals surface area contributed by atoms with Crippen molar-refractivity contribution < 1.29 is 9.90 Å². The summed E-state index contributed by atoms with van der Waals surface area (Å²) in [6.45, 7) is 2.27. The van der Waals surface area contributed by atoms with Gasteiger partial charge in [-0.1, -0.05) is 73.2 Å². The second-order valence-corrected chi connectivity index (χ2v) is 8.33. The van der Waals surface area contributed by atoms with Crippen molar-refractivity contribution in [2.75, 3.05) is 0 Å². The van der Waals surface area contributed by atoms with Gasteiger partial charge in [-0.3, -0.25) is 4.79 Å². The van der Waals surface area contributed by atoms with Gasteiger partial charge in [-0.05, 0) is 59.6 Å². The highest BCUT2D eigenvalue weighted by Gasteiger charge is 2.25. The van der Waals surface area contributed by atoms with Gasteiger partial charge in [0, 0.05) is 12.1 Å². The van der Waals surface area contributed by atoms with Crippen LogP contribution in [0, 0.1) is 0 Å². The topological polar surface area (TPSA) is 49.3 Å². The molecule has 0 radical (unpaired) electrons. The number of hydrogen-bond donors (Lipinski definition) is 2. The Hall–Kier alpha value is -2.65. The van der Waals surface area contributed by atoms with Gasteiger partial charge in [0.15, 0.2) is 0 Å². The molecule has 0 saturated heterocycles. The minimum Gasteiger partial charge on any atom is -0.481 e. The average Bonchev–Trinajstić information content (AvgIpc) is 2.73. The third-order valence-corrected chi connectivity index (χ3v) is 6.26. The zero-order valence-corrected chi connectivity index (χ0v) is 17.0. The summed E-state index contributed by atoms with van der Waals surface area (Å²) in [5, 5.41) is 15.5. The molecule has 0 aliphatic heterocycles. The maximum atomic E-state index is 10.9. The van der Waals surface area contributed by atoms with Crippen LogP contribution < -0.4 is 5.32 Å². The highest BCUT2D eigenvalue weighted by Crippen LogP contribution is 2.34. The van der Waals surface area contributed by atoms with E-state index in [1.54, 1.807) is 0 Å². The van der Waals surface area contributed by atoms with Crippen molar-refractivity contribution >= 4 is 16.7 Å². The highest BCUT2D eigenvalue weighted by atomic mass is 16.4. The number of benzene rings is 3. The monoisotopic (exact) mass is 387 g/mol. The van der Waals surface area contributed by atoms with Crippen molar-refractivity contribution in [2.24, 2.45) is 0 Å². The van der Waals surface area contributed by atoms with Gasteiger partial charge in [0.2, 0.25) is 0 Å². The number of hydrogen-bond acceptors (Lipinski definition) is 2. The lowest BCUT2D eigenvalue weighted by Crippen LogP contribution is -2.35. The van der Waals surface area contributed by atoms with Crippen LogP contribution in [0.2, 0.25) is 0 Å². The molecule has 2 N–H and O–H groups in total. The molecule has 0 spiro atoms. The second kappa shape index (κ2) is 8.79. The van der Waals surface area contributed by atoms with Gasteiger partial charge in [0.25, 0.3) is 0 Å². The second-order valence-electron chi connectivity index (χ2n) is 8.33. The van der Waals surface area contributed by atoms with Crippen molar-refractivity contribution in [3.63, 3.8) is 0 Å². The molecule has 3 nitrogen and oxygen atoms in total. The van der Waals surface area contributed by atoms with E-state index in [0.717, 1.165) is 12.0 Å². The minimum atomic E-state index is -0.776. The molecule has 1 fully saturated rings. The van der Waals surface area contributed by atoms with E-state index in [0.29, 0.717) is 18.0 Å². The van der Waals surface area contributed by atoms with Crippen molar-refractivity contribution in [1.82, 2.24) is 5.32 Å². The Morgan fingerprint density at radius 1 is 1.03 bits per heavy atom. The van der Waals surface area contributed by atoms with Crippen LogP contribution >= 0.6 is 0 Å². The molecule has 0 heterocycles. The molecule has 0 aromatic heterocycles. The molecule has 1 saturated carbocycles. The number of aliphatic carboxylic acids is 1. The first-order valence-electron chi connectivity index (χ1n) is 10.6. The summed E-state index contributed by atoms with van der Waals surface area (Å²) in [5.74, 6) is -0.234. The van der Waals surface area contributed by atoms with Gasteiger partial charge < -0.3 is 10.4 Å². The number of carboxylic acid groups (broad SMARTS) is 1. The largest absolute Gasteiger partial charge is 0.481 e. The van der Waals surface area contributed by atoms with Crippen LogP contribution in [0.15, 0.2) is 66.7 Å². The zero-order valence-electron chi connectivity index (χ0n) is 17.0. The molecule has 0 bridgehead atoms. The summed E-state index contributed by atoms with van der Waals surface area (Å²) in [4.78, 5) is 10.9. The molecule has 1 aliphatic carbocycles. The molecule has 29 heavy (non-hydrogen) atoms.